The molecule has 0 bridgehead atoms. The van der Waals surface area contributed by atoms with Crippen molar-refractivity contribution in [1.82, 2.24) is 29.5 Å². The molecule has 1 aliphatic rings. The number of carbonyl (C=O) groups is 1. The highest BCUT2D eigenvalue weighted by Gasteiger charge is 2.30. The number of rotatable bonds is 3. The molecular formula is C19H18N6O2S. The summed E-state index contributed by atoms with van der Waals surface area (Å²) in [6.07, 6.45) is 3.29. The second-order valence-corrected chi connectivity index (χ2v) is 7.60. The van der Waals surface area contributed by atoms with E-state index in [1.807, 2.05) is 18.3 Å². The van der Waals surface area contributed by atoms with Gasteiger partial charge in [-0.1, -0.05) is 11.3 Å². The van der Waals surface area contributed by atoms with Crippen molar-refractivity contribution < 1.29 is 9.53 Å². The van der Waals surface area contributed by atoms with Gasteiger partial charge in [-0.25, -0.2) is 4.52 Å². The molecule has 1 aliphatic heterocycles. The number of carbonyl (C=O) groups excluding carboxylic acids is 1. The minimum atomic E-state index is -0.309. The number of fused-ring (bicyclic) bond motifs is 1. The average molecular weight is 394 g/mol. The van der Waals surface area contributed by atoms with Crippen LogP contribution < -0.4 is 0 Å². The number of morpholine rings is 1. The largest absolute Gasteiger partial charge is 0.368 e. The third-order valence-corrected chi connectivity index (χ3v) is 5.86. The molecule has 28 heavy (non-hydrogen) atoms. The van der Waals surface area contributed by atoms with Crippen LogP contribution in [0.4, 0.5) is 0 Å². The Hall–Kier alpha value is -3.04. The first-order chi connectivity index (χ1) is 13.7. The molecule has 0 radical (unpaired) electrons. The second-order valence-electron chi connectivity index (χ2n) is 6.65. The molecule has 0 aromatic carbocycles. The maximum atomic E-state index is 12.8. The summed E-state index contributed by atoms with van der Waals surface area (Å²) in [7, 11) is 1.77. The number of hydrogen-bond acceptors (Lipinski definition) is 6. The van der Waals surface area contributed by atoms with Crippen molar-refractivity contribution >= 4 is 22.8 Å². The fraction of sp³-hybridized carbons (Fsp3) is 0.263. The molecule has 0 N–H and O–H groups in total. The van der Waals surface area contributed by atoms with Gasteiger partial charge < -0.3 is 9.64 Å². The lowest BCUT2D eigenvalue weighted by Gasteiger charge is -2.32. The molecule has 1 fully saturated rings. The van der Waals surface area contributed by atoms with Gasteiger partial charge >= 0.3 is 0 Å². The Bertz CT molecular complexity index is 1130. The zero-order chi connectivity index (χ0) is 19.1. The molecule has 8 nitrogen and oxygen atoms in total. The van der Waals surface area contributed by atoms with Crippen molar-refractivity contribution in [3.63, 3.8) is 0 Å². The topological polar surface area (TPSA) is 77.5 Å². The predicted molar refractivity (Wildman–Crippen MR) is 104 cm³/mol. The summed E-state index contributed by atoms with van der Waals surface area (Å²) in [4.78, 5) is 15.8. The van der Waals surface area contributed by atoms with Crippen LogP contribution in [-0.2, 0) is 11.8 Å². The molecule has 5 rings (SSSR count). The number of aryl methyl sites for hydroxylation is 1. The normalized spacial score (nSPS) is 17.3. The number of aromatic nitrogens is 5. The van der Waals surface area contributed by atoms with Crippen molar-refractivity contribution in [3.8, 4) is 10.4 Å². The summed E-state index contributed by atoms with van der Waals surface area (Å²) < 4.78 is 9.29. The van der Waals surface area contributed by atoms with E-state index in [1.165, 1.54) is 4.88 Å². The molecule has 0 saturated carbocycles. The third-order valence-electron chi connectivity index (χ3n) is 4.94. The monoisotopic (exact) mass is 394 g/mol. The lowest BCUT2D eigenvalue weighted by molar-refractivity contribution is -0.0244. The summed E-state index contributed by atoms with van der Waals surface area (Å²) in [5.41, 5.74) is 3.30. The first kappa shape index (κ1) is 17.1. The zero-order valence-electron chi connectivity index (χ0n) is 15.2. The minimum absolute atomic E-state index is 0.0512. The Morgan fingerprint density at radius 3 is 3.00 bits per heavy atom. The van der Waals surface area contributed by atoms with E-state index < -0.39 is 0 Å². The van der Waals surface area contributed by atoms with E-state index in [1.54, 1.807) is 44.7 Å². The smallest absolute Gasteiger partial charge is 0.272 e. The van der Waals surface area contributed by atoms with E-state index >= 15 is 0 Å². The fourth-order valence-electron chi connectivity index (χ4n) is 3.48. The highest BCUT2D eigenvalue weighted by Crippen LogP contribution is 2.28. The molecule has 142 valence electrons. The minimum Gasteiger partial charge on any atom is -0.368 e. The number of thiophene rings is 1. The standard InChI is InChI=1S/C19H18N6O2S/c1-23-15(6-7-20-23)19(26)24-8-9-27-16(12-24)18-14-5-4-13(11-25(14)22-21-18)17-3-2-10-28-17/h2-7,10-11,16H,8-9,12H2,1H3/t16-/m1/s1. The summed E-state index contributed by atoms with van der Waals surface area (Å²) in [6, 6.07) is 9.91. The number of pyridine rings is 1. The molecule has 0 spiro atoms. The zero-order valence-corrected chi connectivity index (χ0v) is 16.0. The lowest BCUT2D eigenvalue weighted by Crippen LogP contribution is -2.43. The maximum Gasteiger partial charge on any atom is 0.272 e. The molecule has 1 amide bonds. The first-order valence-corrected chi connectivity index (χ1v) is 9.86. The third kappa shape index (κ3) is 2.88. The van der Waals surface area contributed by atoms with Gasteiger partial charge in [0.2, 0.25) is 0 Å². The van der Waals surface area contributed by atoms with Crippen LogP contribution in [0.2, 0.25) is 0 Å². The van der Waals surface area contributed by atoms with Crippen molar-refractivity contribution in [3.05, 3.63) is 59.5 Å². The van der Waals surface area contributed by atoms with Gasteiger partial charge in [0, 0.05) is 36.4 Å². The Morgan fingerprint density at radius 1 is 1.29 bits per heavy atom. The summed E-state index contributed by atoms with van der Waals surface area (Å²) in [6.45, 7) is 1.44. The van der Waals surface area contributed by atoms with E-state index in [0.29, 0.717) is 25.4 Å². The molecule has 0 aliphatic carbocycles. The molecule has 1 saturated heterocycles. The maximum absolute atomic E-state index is 12.8. The molecule has 4 aromatic rings. The highest BCUT2D eigenvalue weighted by molar-refractivity contribution is 7.13. The number of hydrogen-bond donors (Lipinski definition) is 0. The Balaban J connectivity index is 1.42. The van der Waals surface area contributed by atoms with E-state index in [-0.39, 0.29) is 12.0 Å². The molecule has 4 aromatic heterocycles. The Morgan fingerprint density at radius 2 is 2.21 bits per heavy atom. The molecular weight excluding hydrogens is 376 g/mol. The highest BCUT2D eigenvalue weighted by atomic mass is 32.1. The van der Waals surface area contributed by atoms with Crippen LogP contribution in [0.3, 0.4) is 0 Å². The summed E-state index contributed by atoms with van der Waals surface area (Å²) in [5.74, 6) is -0.0512. The van der Waals surface area contributed by atoms with Gasteiger partial charge in [0.15, 0.2) is 0 Å². The first-order valence-electron chi connectivity index (χ1n) is 8.98. The Labute approximate surface area is 165 Å². The van der Waals surface area contributed by atoms with Crippen molar-refractivity contribution in [2.75, 3.05) is 19.7 Å². The molecule has 0 unspecified atom stereocenters. The summed E-state index contributed by atoms with van der Waals surface area (Å²) in [5, 5.41) is 14.8. The summed E-state index contributed by atoms with van der Waals surface area (Å²) >= 11 is 1.69. The SMILES string of the molecule is Cn1nccc1C(=O)N1CCO[C@@H](c2nnn3cc(-c4cccs4)ccc23)C1. The van der Waals surface area contributed by atoms with Crippen molar-refractivity contribution in [1.29, 1.82) is 0 Å². The van der Waals surface area contributed by atoms with Gasteiger partial charge in [-0.3, -0.25) is 9.48 Å². The van der Waals surface area contributed by atoms with E-state index in [4.69, 9.17) is 4.74 Å². The lowest BCUT2D eigenvalue weighted by atomic mass is 10.1. The van der Waals surface area contributed by atoms with Crippen LogP contribution in [0.15, 0.2) is 48.1 Å². The van der Waals surface area contributed by atoms with E-state index in [2.05, 4.69) is 32.9 Å². The van der Waals surface area contributed by atoms with Crippen LogP contribution in [0, 0.1) is 0 Å². The van der Waals surface area contributed by atoms with Crippen LogP contribution in [-0.4, -0.2) is 55.1 Å². The molecule has 1 atom stereocenters. The van der Waals surface area contributed by atoms with Gasteiger partial charge in [-0.2, -0.15) is 5.10 Å². The van der Waals surface area contributed by atoms with Gasteiger partial charge in [0.25, 0.3) is 5.91 Å². The molecule has 5 heterocycles. The van der Waals surface area contributed by atoms with Gasteiger partial charge in [0.1, 0.15) is 17.5 Å². The van der Waals surface area contributed by atoms with Gasteiger partial charge in [0.05, 0.1) is 18.7 Å². The quantitative estimate of drug-likeness (QED) is 0.533. The average Bonchev–Trinajstić information content (AvgIpc) is 3.47. The number of ether oxygens (including phenoxy) is 1. The number of amides is 1. The second kappa shape index (κ2) is 6.84. The van der Waals surface area contributed by atoms with Crippen LogP contribution in [0.1, 0.15) is 22.3 Å². The van der Waals surface area contributed by atoms with E-state index in [0.717, 1.165) is 16.8 Å². The van der Waals surface area contributed by atoms with Gasteiger partial charge in [-0.15, -0.1) is 16.4 Å². The van der Waals surface area contributed by atoms with Crippen LogP contribution >= 0.6 is 11.3 Å². The van der Waals surface area contributed by atoms with Crippen LogP contribution in [0.25, 0.3) is 16.0 Å². The van der Waals surface area contributed by atoms with Crippen molar-refractivity contribution in [2.24, 2.45) is 7.05 Å². The van der Waals surface area contributed by atoms with Gasteiger partial charge in [-0.05, 0) is 29.6 Å². The van der Waals surface area contributed by atoms with Crippen LogP contribution in [0.5, 0.6) is 0 Å². The van der Waals surface area contributed by atoms with Crippen molar-refractivity contribution in [2.45, 2.75) is 6.10 Å². The number of nitrogens with zero attached hydrogens (tertiary/aromatic N) is 6. The Kier molecular flexibility index (Phi) is 4.18. The predicted octanol–water partition coefficient (Wildman–Crippen LogP) is 2.41. The van der Waals surface area contributed by atoms with E-state index in [9.17, 15) is 4.79 Å². The molecule has 9 heteroatoms. The fourth-order valence-corrected chi connectivity index (χ4v) is 4.19.